The van der Waals surface area contributed by atoms with E-state index in [9.17, 15) is 4.79 Å². The highest BCUT2D eigenvalue weighted by atomic mass is 16.4. The van der Waals surface area contributed by atoms with E-state index in [-0.39, 0.29) is 5.56 Å². The zero-order valence-electron chi connectivity index (χ0n) is 9.21. The Morgan fingerprint density at radius 2 is 2.18 bits per heavy atom. The molecule has 0 saturated heterocycles. The first kappa shape index (κ1) is 11.1. The number of carbonyl (C=O) groups is 1. The van der Waals surface area contributed by atoms with Crippen molar-refractivity contribution < 1.29 is 9.90 Å². The van der Waals surface area contributed by atoms with E-state index in [4.69, 9.17) is 5.11 Å². The predicted molar refractivity (Wildman–Crippen MR) is 63.5 cm³/mol. The number of hydrogen-bond acceptors (Lipinski definition) is 4. The molecule has 1 aromatic carbocycles. The molecule has 0 unspecified atom stereocenters. The third-order valence-corrected chi connectivity index (χ3v) is 2.23. The lowest BCUT2D eigenvalue weighted by molar-refractivity contribution is 0.0698. The second kappa shape index (κ2) is 4.61. The highest BCUT2D eigenvalue weighted by Gasteiger charge is 2.10. The van der Waals surface area contributed by atoms with E-state index in [0.717, 1.165) is 5.56 Å². The van der Waals surface area contributed by atoms with Gasteiger partial charge in [0, 0.05) is 12.4 Å². The smallest absolute Gasteiger partial charge is 0.337 e. The van der Waals surface area contributed by atoms with Crippen LogP contribution in [0.4, 0.5) is 11.5 Å². The maximum Gasteiger partial charge on any atom is 0.337 e. The van der Waals surface area contributed by atoms with Gasteiger partial charge >= 0.3 is 5.97 Å². The zero-order valence-corrected chi connectivity index (χ0v) is 9.21. The monoisotopic (exact) mass is 229 g/mol. The lowest BCUT2D eigenvalue weighted by Crippen LogP contribution is -2.04. The molecular weight excluding hydrogens is 218 g/mol. The molecule has 2 aromatic rings. The van der Waals surface area contributed by atoms with Gasteiger partial charge in [-0.25, -0.2) is 9.78 Å². The molecule has 86 valence electrons. The Kier molecular flexibility index (Phi) is 3.00. The number of rotatable bonds is 3. The minimum Gasteiger partial charge on any atom is -0.478 e. The molecule has 0 radical (unpaired) electrons. The number of benzene rings is 1. The molecule has 0 aliphatic rings. The van der Waals surface area contributed by atoms with Gasteiger partial charge in [0.2, 0.25) is 0 Å². The second-order valence-corrected chi connectivity index (χ2v) is 3.57. The molecular formula is C12H11N3O2. The summed E-state index contributed by atoms with van der Waals surface area (Å²) in [5.74, 6) is -0.459. The standard InChI is InChI=1S/C12H11N3O2/c1-8-2-3-10(9(6-8)12(16)17)15-11-7-13-4-5-14-11/h2-7H,1H3,(H,14,15)(H,16,17). The Hall–Kier alpha value is -2.43. The number of nitrogens with zero attached hydrogens (tertiary/aromatic N) is 2. The summed E-state index contributed by atoms with van der Waals surface area (Å²) >= 11 is 0. The largest absolute Gasteiger partial charge is 0.478 e. The van der Waals surface area contributed by atoms with Crippen molar-refractivity contribution in [2.75, 3.05) is 5.32 Å². The average molecular weight is 229 g/mol. The molecule has 1 aromatic heterocycles. The van der Waals surface area contributed by atoms with Crippen LogP contribution in [-0.2, 0) is 0 Å². The number of carboxylic acid groups (broad SMARTS) is 1. The van der Waals surface area contributed by atoms with Crippen LogP contribution in [0.25, 0.3) is 0 Å². The molecule has 1 heterocycles. The third kappa shape index (κ3) is 2.57. The van der Waals surface area contributed by atoms with Crippen molar-refractivity contribution in [1.82, 2.24) is 9.97 Å². The molecule has 5 nitrogen and oxygen atoms in total. The van der Waals surface area contributed by atoms with Crippen LogP contribution in [0, 0.1) is 6.92 Å². The predicted octanol–water partition coefficient (Wildman–Crippen LogP) is 2.23. The van der Waals surface area contributed by atoms with Crippen LogP contribution >= 0.6 is 0 Å². The maximum atomic E-state index is 11.1. The minimum atomic E-state index is -0.972. The fraction of sp³-hybridized carbons (Fsp3) is 0.0833. The van der Waals surface area contributed by atoms with E-state index < -0.39 is 5.97 Å². The summed E-state index contributed by atoms with van der Waals surface area (Å²) in [7, 11) is 0. The van der Waals surface area contributed by atoms with Gasteiger partial charge in [-0.1, -0.05) is 11.6 Å². The Bertz CT molecular complexity index is 541. The number of aromatic carboxylic acids is 1. The lowest BCUT2D eigenvalue weighted by Gasteiger charge is -2.08. The van der Waals surface area contributed by atoms with E-state index in [1.807, 2.05) is 13.0 Å². The van der Waals surface area contributed by atoms with Crippen molar-refractivity contribution in [2.24, 2.45) is 0 Å². The van der Waals surface area contributed by atoms with Crippen molar-refractivity contribution in [3.63, 3.8) is 0 Å². The molecule has 2 N–H and O–H groups in total. The third-order valence-electron chi connectivity index (χ3n) is 2.23. The van der Waals surface area contributed by atoms with Crippen LogP contribution in [0.1, 0.15) is 15.9 Å². The lowest BCUT2D eigenvalue weighted by atomic mass is 10.1. The molecule has 0 aliphatic heterocycles. The first-order valence-electron chi connectivity index (χ1n) is 5.04. The molecule has 2 rings (SSSR count). The van der Waals surface area contributed by atoms with Gasteiger partial charge in [-0.05, 0) is 19.1 Å². The van der Waals surface area contributed by atoms with Crippen molar-refractivity contribution in [3.05, 3.63) is 47.9 Å². The molecule has 0 atom stereocenters. The van der Waals surface area contributed by atoms with Crippen molar-refractivity contribution in [2.45, 2.75) is 6.92 Å². The quantitative estimate of drug-likeness (QED) is 0.844. The van der Waals surface area contributed by atoms with E-state index in [1.54, 1.807) is 18.3 Å². The number of carboxylic acids is 1. The van der Waals surface area contributed by atoms with Gasteiger partial charge in [0.25, 0.3) is 0 Å². The highest BCUT2D eigenvalue weighted by molar-refractivity contribution is 5.95. The number of aromatic nitrogens is 2. The second-order valence-electron chi connectivity index (χ2n) is 3.57. The summed E-state index contributed by atoms with van der Waals surface area (Å²) in [6.45, 7) is 1.85. The van der Waals surface area contributed by atoms with E-state index in [1.165, 1.54) is 12.4 Å². The van der Waals surface area contributed by atoms with Crippen molar-refractivity contribution in [3.8, 4) is 0 Å². The first-order chi connectivity index (χ1) is 8.16. The molecule has 0 spiro atoms. The first-order valence-corrected chi connectivity index (χ1v) is 5.04. The van der Waals surface area contributed by atoms with Crippen LogP contribution < -0.4 is 5.32 Å². The van der Waals surface area contributed by atoms with Gasteiger partial charge in [-0.15, -0.1) is 0 Å². The van der Waals surface area contributed by atoms with Gasteiger partial charge in [-0.2, -0.15) is 0 Å². The molecule has 0 saturated carbocycles. The summed E-state index contributed by atoms with van der Waals surface area (Å²) in [6, 6.07) is 5.17. The van der Waals surface area contributed by atoms with E-state index >= 15 is 0 Å². The Morgan fingerprint density at radius 1 is 1.35 bits per heavy atom. The van der Waals surface area contributed by atoms with Crippen LogP contribution in [0.5, 0.6) is 0 Å². The van der Waals surface area contributed by atoms with Crippen molar-refractivity contribution >= 4 is 17.5 Å². The number of hydrogen-bond donors (Lipinski definition) is 2. The summed E-state index contributed by atoms with van der Waals surface area (Å²) in [5, 5.41) is 12.0. The van der Waals surface area contributed by atoms with Gasteiger partial charge in [0.15, 0.2) is 0 Å². The molecule has 0 fully saturated rings. The highest BCUT2D eigenvalue weighted by Crippen LogP contribution is 2.20. The molecule has 5 heteroatoms. The minimum absolute atomic E-state index is 0.218. The van der Waals surface area contributed by atoms with Crippen LogP contribution in [0.3, 0.4) is 0 Å². The number of nitrogens with one attached hydrogen (secondary N) is 1. The molecule has 0 bridgehead atoms. The maximum absolute atomic E-state index is 11.1. The van der Waals surface area contributed by atoms with E-state index in [2.05, 4.69) is 15.3 Å². The SMILES string of the molecule is Cc1ccc(Nc2cnccn2)c(C(=O)O)c1. The fourth-order valence-electron chi connectivity index (χ4n) is 1.45. The summed E-state index contributed by atoms with van der Waals surface area (Å²) in [5.41, 5.74) is 1.62. The summed E-state index contributed by atoms with van der Waals surface area (Å²) in [4.78, 5) is 19.0. The summed E-state index contributed by atoms with van der Waals surface area (Å²) in [6.07, 6.45) is 4.63. The van der Waals surface area contributed by atoms with E-state index in [0.29, 0.717) is 11.5 Å². The van der Waals surface area contributed by atoms with Crippen LogP contribution in [-0.4, -0.2) is 21.0 Å². The summed E-state index contributed by atoms with van der Waals surface area (Å²) < 4.78 is 0. The number of anilines is 2. The topological polar surface area (TPSA) is 75.1 Å². The Morgan fingerprint density at radius 3 is 2.82 bits per heavy atom. The average Bonchev–Trinajstić information content (AvgIpc) is 2.32. The normalized spacial score (nSPS) is 9.94. The van der Waals surface area contributed by atoms with Crippen LogP contribution in [0.2, 0.25) is 0 Å². The Labute approximate surface area is 98.2 Å². The number of aryl methyl sites for hydroxylation is 1. The van der Waals surface area contributed by atoms with Gasteiger partial charge < -0.3 is 10.4 Å². The van der Waals surface area contributed by atoms with Gasteiger partial charge in [-0.3, -0.25) is 4.98 Å². The van der Waals surface area contributed by atoms with Gasteiger partial charge in [0.05, 0.1) is 17.4 Å². The molecule has 17 heavy (non-hydrogen) atoms. The molecule has 0 amide bonds. The van der Waals surface area contributed by atoms with Crippen LogP contribution in [0.15, 0.2) is 36.8 Å². The fourth-order valence-corrected chi connectivity index (χ4v) is 1.45. The van der Waals surface area contributed by atoms with Gasteiger partial charge in [0.1, 0.15) is 5.82 Å². The zero-order chi connectivity index (χ0) is 12.3. The molecule has 0 aliphatic carbocycles. The Balaban J connectivity index is 2.36. The van der Waals surface area contributed by atoms with Crippen molar-refractivity contribution in [1.29, 1.82) is 0 Å².